The van der Waals surface area contributed by atoms with Gasteiger partial charge in [-0.05, 0) is 24.8 Å². The summed E-state index contributed by atoms with van der Waals surface area (Å²) in [5.74, 6) is 2.51. The third kappa shape index (κ3) is 3.76. The summed E-state index contributed by atoms with van der Waals surface area (Å²) in [4.78, 5) is 4.80. The summed E-state index contributed by atoms with van der Waals surface area (Å²) in [6.07, 6.45) is 5.44. The summed E-state index contributed by atoms with van der Waals surface area (Å²) in [6.45, 7) is 6.81. The predicted molar refractivity (Wildman–Crippen MR) is 109 cm³/mol. The number of thiazole rings is 1. The Kier molecular flexibility index (Phi) is 5.22. The molecule has 0 spiro atoms. The monoisotopic (exact) mass is 382 g/mol. The Morgan fingerprint density at radius 1 is 1.27 bits per heavy atom. The van der Waals surface area contributed by atoms with E-state index in [1.54, 1.807) is 23.1 Å². The SMILES string of the molecule is C=CCn1c(SCc2csc(-c3ccc(CC)cc3)n2)nnc1C1CC1. The summed E-state index contributed by atoms with van der Waals surface area (Å²) in [6, 6.07) is 8.69. The van der Waals surface area contributed by atoms with Crippen molar-refractivity contribution in [2.45, 2.75) is 49.6 Å². The molecule has 4 rings (SSSR count). The van der Waals surface area contributed by atoms with E-state index in [9.17, 15) is 0 Å². The molecule has 1 aliphatic rings. The number of thioether (sulfide) groups is 1. The highest BCUT2D eigenvalue weighted by Gasteiger charge is 2.30. The molecule has 4 nitrogen and oxygen atoms in total. The Hall–Kier alpha value is -1.92. The lowest BCUT2D eigenvalue weighted by molar-refractivity contribution is 0.681. The van der Waals surface area contributed by atoms with Gasteiger partial charge in [-0.25, -0.2) is 4.98 Å². The molecule has 26 heavy (non-hydrogen) atoms. The minimum atomic E-state index is 0.591. The molecule has 1 fully saturated rings. The van der Waals surface area contributed by atoms with E-state index < -0.39 is 0 Å². The Morgan fingerprint density at radius 3 is 2.77 bits per heavy atom. The van der Waals surface area contributed by atoms with Crippen LogP contribution in [-0.2, 0) is 18.7 Å². The summed E-state index contributed by atoms with van der Waals surface area (Å²) < 4.78 is 2.20. The lowest BCUT2D eigenvalue weighted by atomic mass is 10.1. The number of rotatable bonds is 8. The van der Waals surface area contributed by atoms with Crippen LogP contribution in [0.25, 0.3) is 10.6 Å². The van der Waals surface area contributed by atoms with Crippen molar-refractivity contribution in [3.05, 3.63) is 59.4 Å². The molecule has 3 aromatic rings. The fraction of sp³-hybridized carbons (Fsp3) is 0.350. The van der Waals surface area contributed by atoms with Crippen LogP contribution in [0.1, 0.15) is 42.8 Å². The minimum absolute atomic E-state index is 0.591. The maximum absolute atomic E-state index is 4.80. The highest BCUT2D eigenvalue weighted by atomic mass is 32.2. The third-order valence-corrected chi connectivity index (χ3v) is 6.45. The Morgan fingerprint density at radius 2 is 2.08 bits per heavy atom. The number of hydrogen-bond acceptors (Lipinski definition) is 5. The molecule has 0 unspecified atom stereocenters. The largest absolute Gasteiger partial charge is 0.302 e. The molecular weight excluding hydrogens is 360 g/mol. The molecule has 134 valence electrons. The standard InChI is InChI=1S/C20H22N4S2/c1-3-11-24-18(15-9-10-15)22-23-20(24)26-13-17-12-25-19(21-17)16-7-5-14(4-2)6-8-16/h3,5-8,12,15H,1,4,9-11,13H2,2H3. The second-order valence-corrected chi connectivity index (χ2v) is 8.30. The molecular formula is C20H22N4S2. The van der Waals surface area contributed by atoms with Crippen molar-refractivity contribution in [3.63, 3.8) is 0 Å². The first-order chi connectivity index (χ1) is 12.8. The van der Waals surface area contributed by atoms with Crippen molar-refractivity contribution in [2.75, 3.05) is 0 Å². The lowest BCUT2D eigenvalue weighted by Crippen LogP contribution is -2.02. The molecule has 1 saturated carbocycles. The van der Waals surface area contributed by atoms with Crippen molar-refractivity contribution >= 4 is 23.1 Å². The van der Waals surface area contributed by atoms with Gasteiger partial charge in [0.2, 0.25) is 0 Å². The molecule has 0 aliphatic heterocycles. The fourth-order valence-electron chi connectivity index (χ4n) is 2.88. The van der Waals surface area contributed by atoms with Crippen LogP contribution in [0.5, 0.6) is 0 Å². The van der Waals surface area contributed by atoms with Crippen molar-refractivity contribution in [1.82, 2.24) is 19.7 Å². The smallest absolute Gasteiger partial charge is 0.191 e. The van der Waals surface area contributed by atoms with Crippen LogP contribution >= 0.6 is 23.1 Å². The summed E-state index contributed by atoms with van der Waals surface area (Å²) in [7, 11) is 0. The topological polar surface area (TPSA) is 43.6 Å². The van der Waals surface area contributed by atoms with Crippen molar-refractivity contribution in [2.24, 2.45) is 0 Å². The predicted octanol–water partition coefficient (Wildman–Crippen LogP) is 5.32. The Labute approximate surface area is 162 Å². The number of aryl methyl sites for hydroxylation is 1. The third-order valence-electron chi connectivity index (χ3n) is 4.51. The summed E-state index contributed by atoms with van der Waals surface area (Å²) in [5.41, 5.74) is 3.64. The highest BCUT2D eigenvalue weighted by molar-refractivity contribution is 7.98. The molecule has 0 atom stereocenters. The van der Waals surface area contributed by atoms with Gasteiger partial charge in [-0.1, -0.05) is 49.0 Å². The van der Waals surface area contributed by atoms with Crippen LogP contribution in [-0.4, -0.2) is 19.7 Å². The molecule has 1 aromatic carbocycles. The van der Waals surface area contributed by atoms with E-state index in [0.29, 0.717) is 5.92 Å². The molecule has 0 N–H and O–H groups in total. The molecule has 2 aromatic heterocycles. The second kappa shape index (κ2) is 7.76. The van der Waals surface area contributed by atoms with E-state index in [-0.39, 0.29) is 0 Å². The highest BCUT2D eigenvalue weighted by Crippen LogP contribution is 2.40. The van der Waals surface area contributed by atoms with Crippen LogP contribution < -0.4 is 0 Å². The maximum Gasteiger partial charge on any atom is 0.191 e. The van der Waals surface area contributed by atoms with E-state index >= 15 is 0 Å². The average Bonchev–Trinajstić information content (AvgIpc) is 3.27. The van der Waals surface area contributed by atoms with Crippen LogP contribution in [0.15, 0.2) is 47.5 Å². The number of hydrogen-bond donors (Lipinski definition) is 0. The molecule has 0 amide bonds. The summed E-state index contributed by atoms with van der Waals surface area (Å²) >= 11 is 3.41. The van der Waals surface area contributed by atoms with Gasteiger partial charge < -0.3 is 4.57 Å². The molecule has 0 saturated heterocycles. The van der Waals surface area contributed by atoms with Gasteiger partial charge in [-0.15, -0.1) is 28.1 Å². The minimum Gasteiger partial charge on any atom is -0.302 e. The zero-order chi connectivity index (χ0) is 17.9. The zero-order valence-corrected chi connectivity index (χ0v) is 16.5. The zero-order valence-electron chi connectivity index (χ0n) is 14.9. The first-order valence-electron chi connectivity index (χ1n) is 8.99. The van der Waals surface area contributed by atoms with Gasteiger partial charge in [0.25, 0.3) is 0 Å². The maximum atomic E-state index is 4.80. The quantitative estimate of drug-likeness (QED) is 0.391. The van der Waals surface area contributed by atoms with E-state index in [1.165, 1.54) is 24.0 Å². The van der Waals surface area contributed by atoms with Crippen molar-refractivity contribution in [3.8, 4) is 10.6 Å². The van der Waals surface area contributed by atoms with Gasteiger partial charge in [0.05, 0.1) is 5.69 Å². The van der Waals surface area contributed by atoms with Crippen LogP contribution in [0.3, 0.4) is 0 Å². The number of benzene rings is 1. The van der Waals surface area contributed by atoms with Gasteiger partial charge in [0.1, 0.15) is 10.8 Å². The average molecular weight is 383 g/mol. The van der Waals surface area contributed by atoms with E-state index in [0.717, 1.165) is 40.4 Å². The van der Waals surface area contributed by atoms with Crippen LogP contribution in [0.4, 0.5) is 0 Å². The van der Waals surface area contributed by atoms with Gasteiger partial charge in [0.15, 0.2) is 5.16 Å². The number of aromatic nitrogens is 4. The molecule has 1 aliphatic carbocycles. The molecule has 0 radical (unpaired) electrons. The first kappa shape index (κ1) is 17.5. The second-order valence-electron chi connectivity index (χ2n) is 6.50. The number of nitrogens with zero attached hydrogens (tertiary/aromatic N) is 4. The molecule has 6 heteroatoms. The van der Waals surface area contributed by atoms with Gasteiger partial charge in [-0.2, -0.15) is 0 Å². The van der Waals surface area contributed by atoms with E-state index in [4.69, 9.17) is 4.98 Å². The Balaban J connectivity index is 1.45. The lowest BCUT2D eigenvalue weighted by Gasteiger charge is -2.06. The van der Waals surface area contributed by atoms with Crippen molar-refractivity contribution < 1.29 is 0 Å². The van der Waals surface area contributed by atoms with Gasteiger partial charge in [0, 0.05) is 29.2 Å². The van der Waals surface area contributed by atoms with E-state index in [1.807, 2.05) is 6.08 Å². The Bertz CT molecular complexity index is 891. The van der Waals surface area contributed by atoms with Crippen LogP contribution in [0.2, 0.25) is 0 Å². The van der Waals surface area contributed by atoms with Crippen molar-refractivity contribution in [1.29, 1.82) is 0 Å². The number of allylic oxidation sites excluding steroid dienone is 1. The fourth-order valence-corrected chi connectivity index (χ4v) is 4.66. The first-order valence-corrected chi connectivity index (χ1v) is 10.9. The molecule has 0 bridgehead atoms. The van der Waals surface area contributed by atoms with Crippen LogP contribution in [0, 0.1) is 0 Å². The van der Waals surface area contributed by atoms with Gasteiger partial charge >= 0.3 is 0 Å². The normalized spacial score (nSPS) is 13.9. The molecule has 2 heterocycles. The summed E-state index contributed by atoms with van der Waals surface area (Å²) in [5, 5.41) is 13.0. The van der Waals surface area contributed by atoms with Gasteiger partial charge in [-0.3, -0.25) is 0 Å². The van der Waals surface area contributed by atoms with E-state index in [2.05, 4.69) is 57.9 Å².